The van der Waals surface area contributed by atoms with Gasteiger partial charge in [0.25, 0.3) is 0 Å². The Balaban J connectivity index is 1.78. The predicted molar refractivity (Wildman–Crippen MR) is 111 cm³/mol. The lowest BCUT2D eigenvalue weighted by Crippen LogP contribution is -2.22. The summed E-state index contributed by atoms with van der Waals surface area (Å²) in [6.07, 6.45) is 7.08. The topological polar surface area (TPSA) is 106 Å². The van der Waals surface area contributed by atoms with Crippen LogP contribution in [0.3, 0.4) is 0 Å². The summed E-state index contributed by atoms with van der Waals surface area (Å²) in [4.78, 5) is 12.8. The minimum Gasteiger partial charge on any atom is -0.482 e. The van der Waals surface area contributed by atoms with Gasteiger partial charge in [-0.3, -0.25) is 4.98 Å². The summed E-state index contributed by atoms with van der Waals surface area (Å²) in [7, 11) is 0. The molecule has 0 bridgehead atoms. The van der Waals surface area contributed by atoms with Crippen LogP contribution in [0.1, 0.15) is 38.3 Å². The van der Waals surface area contributed by atoms with E-state index in [0.717, 1.165) is 35.7 Å². The summed E-state index contributed by atoms with van der Waals surface area (Å²) < 4.78 is 6.00. The molecule has 148 valence electrons. The number of hydrogen-bond acceptors (Lipinski definition) is 7. The van der Waals surface area contributed by atoms with Gasteiger partial charge in [-0.1, -0.05) is 44.0 Å². The van der Waals surface area contributed by atoms with Crippen LogP contribution < -0.4 is 15.8 Å². The molecule has 0 spiro atoms. The average Bonchev–Trinajstić information content (AvgIpc) is 2.71. The van der Waals surface area contributed by atoms with Crippen molar-refractivity contribution in [3.8, 4) is 5.75 Å². The van der Waals surface area contributed by atoms with Gasteiger partial charge in [-0.05, 0) is 24.3 Å². The van der Waals surface area contributed by atoms with Gasteiger partial charge in [-0.25, -0.2) is 4.98 Å². The molecule has 7 nitrogen and oxygen atoms in total. The van der Waals surface area contributed by atoms with E-state index < -0.39 is 0 Å². The van der Waals surface area contributed by atoms with Crippen molar-refractivity contribution >= 4 is 22.5 Å². The molecular formula is C21H27N5O2. The molecule has 2 aromatic heterocycles. The van der Waals surface area contributed by atoms with Gasteiger partial charge in [0.1, 0.15) is 6.61 Å². The number of pyridine rings is 1. The zero-order valence-electron chi connectivity index (χ0n) is 16.1. The first kappa shape index (κ1) is 19.8. The molecule has 1 aromatic carbocycles. The number of anilines is 2. The van der Waals surface area contributed by atoms with Gasteiger partial charge >= 0.3 is 0 Å². The number of benzene rings is 1. The second-order valence-corrected chi connectivity index (χ2v) is 6.70. The maximum absolute atomic E-state index is 9.35. The number of aliphatic hydroxyl groups is 1. The number of nitrogens with zero attached hydrogens (tertiary/aromatic N) is 3. The number of rotatable bonds is 10. The lowest BCUT2D eigenvalue weighted by atomic mass is 10.1. The Bertz CT molecular complexity index is 898. The lowest BCUT2D eigenvalue weighted by Gasteiger charge is -2.20. The smallest absolute Gasteiger partial charge is 0.222 e. The molecular weight excluding hydrogens is 354 g/mol. The highest BCUT2D eigenvalue weighted by atomic mass is 16.5. The molecule has 28 heavy (non-hydrogen) atoms. The van der Waals surface area contributed by atoms with Crippen LogP contribution in [-0.4, -0.2) is 32.7 Å². The van der Waals surface area contributed by atoms with E-state index in [1.807, 2.05) is 30.3 Å². The van der Waals surface area contributed by atoms with E-state index in [-0.39, 0.29) is 18.6 Å². The van der Waals surface area contributed by atoms with Gasteiger partial charge in [0, 0.05) is 24.2 Å². The summed E-state index contributed by atoms with van der Waals surface area (Å²) in [6.45, 7) is 2.55. The lowest BCUT2D eigenvalue weighted by molar-refractivity contribution is 0.275. The number of fused-ring (bicyclic) bond motifs is 1. The molecule has 0 saturated heterocycles. The molecule has 7 heteroatoms. The number of nitrogens with one attached hydrogen (secondary N) is 1. The van der Waals surface area contributed by atoms with E-state index in [9.17, 15) is 5.11 Å². The van der Waals surface area contributed by atoms with Crippen LogP contribution >= 0.6 is 0 Å². The molecule has 0 unspecified atom stereocenters. The molecule has 4 N–H and O–H groups in total. The highest BCUT2D eigenvalue weighted by Gasteiger charge is 2.14. The van der Waals surface area contributed by atoms with Gasteiger partial charge in [0.05, 0.1) is 11.9 Å². The molecule has 3 rings (SSSR count). The fraction of sp³-hybridized carbons (Fsp3) is 0.381. The fourth-order valence-corrected chi connectivity index (χ4v) is 3.13. The van der Waals surface area contributed by atoms with Gasteiger partial charge in [-0.15, -0.1) is 0 Å². The zero-order valence-corrected chi connectivity index (χ0v) is 16.1. The summed E-state index contributed by atoms with van der Waals surface area (Å²) >= 11 is 0. The van der Waals surface area contributed by atoms with Gasteiger partial charge < -0.3 is 20.9 Å². The molecule has 0 aliphatic heterocycles. The minimum absolute atomic E-state index is 0.0947. The van der Waals surface area contributed by atoms with E-state index >= 15 is 0 Å². The third-order valence-electron chi connectivity index (χ3n) is 4.62. The number of ether oxygens (including phenoxy) is 1. The van der Waals surface area contributed by atoms with E-state index in [0.29, 0.717) is 24.6 Å². The Morgan fingerprint density at radius 3 is 2.86 bits per heavy atom. The van der Waals surface area contributed by atoms with E-state index in [4.69, 9.17) is 10.5 Å². The summed E-state index contributed by atoms with van der Waals surface area (Å²) in [5.74, 6) is 1.24. The summed E-state index contributed by atoms with van der Waals surface area (Å²) in [5, 5.41) is 14.9. The Kier molecular flexibility index (Phi) is 6.97. The van der Waals surface area contributed by atoms with E-state index in [1.54, 1.807) is 12.4 Å². The molecule has 0 aliphatic rings. The van der Waals surface area contributed by atoms with Crippen LogP contribution in [0, 0.1) is 0 Å². The summed E-state index contributed by atoms with van der Waals surface area (Å²) in [5.41, 5.74) is 6.63. The Labute approximate surface area is 165 Å². The maximum atomic E-state index is 9.35. The van der Waals surface area contributed by atoms with E-state index in [1.165, 1.54) is 0 Å². The Hall–Kier alpha value is -2.93. The zero-order chi connectivity index (χ0) is 19.8. The highest BCUT2D eigenvalue weighted by Crippen LogP contribution is 2.26. The van der Waals surface area contributed by atoms with Crippen molar-refractivity contribution in [2.24, 2.45) is 0 Å². The minimum atomic E-state index is 0.0947. The van der Waals surface area contributed by atoms with Crippen molar-refractivity contribution in [3.05, 3.63) is 48.4 Å². The van der Waals surface area contributed by atoms with Gasteiger partial charge in [-0.2, -0.15) is 4.98 Å². The predicted octanol–water partition coefficient (Wildman–Crippen LogP) is 3.54. The SMILES string of the molecule is CCCC[C@@H](CCO)Nc1nc(N)ncc1OCc1nccc2ccccc12. The molecule has 1 atom stereocenters. The number of aliphatic hydroxyl groups excluding tert-OH is 1. The normalized spacial score (nSPS) is 12.1. The number of aromatic nitrogens is 3. The third kappa shape index (κ3) is 5.07. The monoisotopic (exact) mass is 381 g/mol. The fourth-order valence-electron chi connectivity index (χ4n) is 3.13. The number of hydrogen-bond donors (Lipinski definition) is 3. The quantitative estimate of drug-likeness (QED) is 0.493. The van der Waals surface area contributed by atoms with Gasteiger partial charge in [0.15, 0.2) is 11.6 Å². The highest BCUT2D eigenvalue weighted by molar-refractivity contribution is 5.84. The van der Waals surface area contributed by atoms with Gasteiger partial charge in [0.2, 0.25) is 5.95 Å². The van der Waals surface area contributed by atoms with Crippen molar-refractivity contribution in [1.29, 1.82) is 0 Å². The van der Waals surface area contributed by atoms with Crippen molar-refractivity contribution in [1.82, 2.24) is 15.0 Å². The Morgan fingerprint density at radius 2 is 2.04 bits per heavy atom. The first-order valence-corrected chi connectivity index (χ1v) is 9.66. The van der Waals surface area contributed by atoms with Crippen LogP contribution in [0.4, 0.5) is 11.8 Å². The average molecular weight is 381 g/mol. The second-order valence-electron chi connectivity index (χ2n) is 6.70. The molecule has 0 aliphatic carbocycles. The van der Waals surface area contributed by atoms with Crippen LogP contribution in [0.15, 0.2) is 42.7 Å². The van der Waals surface area contributed by atoms with Crippen LogP contribution in [-0.2, 0) is 6.61 Å². The first-order chi connectivity index (χ1) is 13.7. The number of unbranched alkanes of at least 4 members (excludes halogenated alkanes) is 1. The standard InChI is InChI=1S/C21H27N5O2/c1-2-3-7-16(10-12-27)25-20-19(13-24-21(22)26-20)28-14-18-17-8-5-4-6-15(17)9-11-23-18/h4-6,8-9,11,13,16,27H,2-3,7,10,12,14H2,1H3,(H3,22,24,25,26)/t16-/m0/s1. The molecule has 0 saturated carbocycles. The van der Waals surface area contributed by atoms with Crippen molar-refractivity contribution in [3.63, 3.8) is 0 Å². The van der Waals surface area contributed by atoms with Crippen molar-refractivity contribution in [2.45, 2.75) is 45.3 Å². The third-order valence-corrected chi connectivity index (χ3v) is 4.62. The van der Waals surface area contributed by atoms with E-state index in [2.05, 4.69) is 27.2 Å². The molecule has 3 aromatic rings. The molecule has 2 heterocycles. The maximum Gasteiger partial charge on any atom is 0.222 e. The van der Waals surface area contributed by atoms with Crippen LogP contribution in [0.2, 0.25) is 0 Å². The first-order valence-electron chi connectivity index (χ1n) is 9.66. The number of nitrogens with two attached hydrogens (primary N) is 1. The molecule has 0 amide bonds. The summed E-state index contributed by atoms with van der Waals surface area (Å²) in [6, 6.07) is 10.1. The van der Waals surface area contributed by atoms with Crippen molar-refractivity contribution < 1.29 is 9.84 Å². The van der Waals surface area contributed by atoms with Crippen LogP contribution in [0.5, 0.6) is 5.75 Å². The second kappa shape index (κ2) is 9.85. The van der Waals surface area contributed by atoms with Crippen LogP contribution in [0.25, 0.3) is 10.8 Å². The molecule has 0 radical (unpaired) electrons. The Morgan fingerprint density at radius 1 is 1.18 bits per heavy atom. The van der Waals surface area contributed by atoms with Crippen molar-refractivity contribution in [2.75, 3.05) is 17.7 Å². The molecule has 0 fully saturated rings. The largest absolute Gasteiger partial charge is 0.482 e. The number of nitrogen functional groups attached to an aromatic ring is 1.